The van der Waals surface area contributed by atoms with E-state index in [1.807, 2.05) is 0 Å². The first kappa shape index (κ1) is 23.2. The summed E-state index contributed by atoms with van der Waals surface area (Å²) in [7, 11) is 0. The molecule has 0 radical (unpaired) electrons. The Balaban J connectivity index is 0.000000153. The van der Waals surface area contributed by atoms with Gasteiger partial charge in [0.1, 0.15) is 0 Å². The van der Waals surface area contributed by atoms with E-state index in [0.717, 1.165) is 18.4 Å². The van der Waals surface area contributed by atoms with Gasteiger partial charge in [-0.2, -0.15) is 0 Å². The molecule has 2 aliphatic heterocycles. The Morgan fingerprint density at radius 3 is 1.88 bits per heavy atom. The lowest BCUT2D eigenvalue weighted by Crippen LogP contribution is -2.26. The molecule has 0 aromatic heterocycles. The van der Waals surface area contributed by atoms with Crippen molar-refractivity contribution in [2.45, 2.75) is 96.7 Å². The standard InChI is InChI=1S/C15H23N.C14H19NO/c1-12-6-5-11-16(12)14-9-7-13(8-10-14)15(2,3)4;1-10-3-2-8-15(10)12-5-6-13-11(9-12)4-7-14(13)16/h7-10,12H,5-6,11H2,1-4H3;5-6,9-10,14,16H,2-4,7-8H2,1H3. The Bertz CT molecular complexity index is 898. The van der Waals surface area contributed by atoms with E-state index < -0.39 is 0 Å². The summed E-state index contributed by atoms with van der Waals surface area (Å²) < 4.78 is 0. The molecule has 0 bridgehead atoms. The summed E-state index contributed by atoms with van der Waals surface area (Å²) >= 11 is 0. The van der Waals surface area contributed by atoms with E-state index in [9.17, 15) is 5.11 Å². The molecular formula is C29H42N2O. The molecule has 2 saturated heterocycles. The Morgan fingerprint density at radius 2 is 1.34 bits per heavy atom. The van der Waals surface area contributed by atoms with Gasteiger partial charge in [0, 0.05) is 36.5 Å². The Kier molecular flexibility index (Phi) is 6.86. The van der Waals surface area contributed by atoms with Gasteiger partial charge < -0.3 is 14.9 Å². The van der Waals surface area contributed by atoms with Gasteiger partial charge in [-0.1, -0.05) is 39.0 Å². The van der Waals surface area contributed by atoms with E-state index in [1.165, 1.54) is 61.3 Å². The third kappa shape index (κ3) is 4.98. The molecule has 2 fully saturated rings. The summed E-state index contributed by atoms with van der Waals surface area (Å²) in [4.78, 5) is 5.01. The molecule has 0 amide bonds. The van der Waals surface area contributed by atoms with Crippen LogP contribution in [-0.2, 0) is 11.8 Å². The lowest BCUT2D eigenvalue weighted by Gasteiger charge is -2.25. The van der Waals surface area contributed by atoms with E-state index in [-0.39, 0.29) is 11.5 Å². The summed E-state index contributed by atoms with van der Waals surface area (Å²) in [5, 5.41) is 9.78. The fourth-order valence-corrected chi connectivity index (χ4v) is 5.55. The molecule has 3 aliphatic rings. The number of rotatable bonds is 2. The van der Waals surface area contributed by atoms with Crippen LogP contribution in [0, 0.1) is 0 Å². The second-order valence-electron chi connectivity index (χ2n) is 11.1. The minimum absolute atomic E-state index is 0.222. The highest BCUT2D eigenvalue weighted by Crippen LogP contribution is 2.35. The van der Waals surface area contributed by atoms with Crippen LogP contribution in [0.1, 0.15) is 89.5 Å². The van der Waals surface area contributed by atoms with Gasteiger partial charge in [-0.3, -0.25) is 0 Å². The van der Waals surface area contributed by atoms with Gasteiger partial charge in [0.2, 0.25) is 0 Å². The average molecular weight is 435 g/mol. The summed E-state index contributed by atoms with van der Waals surface area (Å²) in [6.45, 7) is 13.8. The maximum absolute atomic E-state index is 9.78. The number of anilines is 2. The number of fused-ring (bicyclic) bond motifs is 1. The van der Waals surface area contributed by atoms with Crippen molar-refractivity contribution >= 4 is 11.4 Å². The van der Waals surface area contributed by atoms with Crippen molar-refractivity contribution in [3.8, 4) is 0 Å². The van der Waals surface area contributed by atoms with E-state index in [2.05, 4.69) is 86.9 Å². The van der Waals surface area contributed by atoms with E-state index in [0.29, 0.717) is 12.1 Å². The van der Waals surface area contributed by atoms with Crippen LogP contribution < -0.4 is 9.80 Å². The van der Waals surface area contributed by atoms with Gasteiger partial charge in [-0.05, 0) is 98.7 Å². The maximum atomic E-state index is 9.78. The molecule has 1 N–H and O–H groups in total. The quantitative estimate of drug-likeness (QED) is 0.575. The largest absolute Gasteiger partial charge is 0.388 e. The second kappa shape index (κ2) is 9.47. The molecular weight excluding hydrogens is 392 g/mol. The molecule has 1 aliphatic carbocycles. The zero-order valence-corrected chi connectivity index (χ0v) is 20.8. The van der Waals surface area contributed by atoms with Gasteiger partial charge in [-0.15, -0.1) is 0 Å². The molecule has 32 heavy (non-hydrogen) atoms. The summed E-state index contributed by atoms with van der Waals surface area (Å²) in [5.41, 5.74) is 6.91. The summed E-state index contributed by atoms with van der Waals surface area (Å²) in [5.74, 6) is 0. The number of hydrogen-bond donors (Lipinski definition) is 1. The normalized spacial score (nSPS) is 25.0. The first-order chi connectivity index (χ1) is 15.2. The molecule has 3 heteroatoms. The minimum Gasteiger partial charge on any atom is -0.388 e. The van der Waals surface area contributed by atoms with Crippen LogP contribution in [0.5, 0.6) is 0 Å². The highest BCUT2D eigenvalue weighted by molar-refractivity contribution is 5.54. The Hall–Kier alpha value is -2.00. The lowest BCUT2D eigenvalue weighted by molar-refractivity contribution is 0.180. The van der Waals surface area contributed by atoms with Crippen LogP contribution >= 0.6 is 0 Å². The van der Waals surface area contributed by atoms with E-state index in [1.54, 1.807) is 0 Å². The van der Waals surface area contributed by atoms with Gasteiger partial charge in [-0.25, -0.2) is 0 Å². The van der Waals surface area contributed by atoms with Crippen LogP contribution in [0.4, 0.5) is 11.4 Å². The molecule has 2 heterocycles. The van der Waals surface area contributed by atoms with Crippen molar-refractivity contribution in [3.05, 3.63) is 59.2 Å². The molecule has 2 aromatic rings. The van der Waals surface area contributed by atoms with Crippen molar-refractivity contribution in [3.63, 3.8) is 0 Å². The van der Waals surface area contributed by atoms with E-state index >= 15 is 0 Å². The average Bonchev–Trinajstić information content (AvgIpc) is 3.48. The van der Waals surface area contributed by atoms with E-state index in [4.69, 9.17) is 0 Å². The number of hydrogen-bond acceptors (Lipinski definition) is 3. The smallest absolute Gasteiger partial charge is 0.0795 e. The van der Waals surface area contributed by atoms with Crippen molar-refractivity contribution in [2.24, 2.45) is 0 Å². The van der Waals surface area contributed by atoms with Gasteiger partial charge in [0.15, 0.2) is 0 Å². The molecule has 0 spiro atoms. The summed E-state index contributed by atoms with van der Waals surface area (Å²) in [6, 6.07) is 17.1. The zero-order valence-electron chi connectivity index (χ0n) is 20.8. The van der Waals surface area contributed by atoms with Crippen molar-refractivity contribution in [2.75, 3.05) is 22.9 Å². The SMILES string of the molecule is CC1CCCN1c1ccc(C(C)(C)C)cc1.CC1CCCN1c1ccc2c(c1)CCC2O. The number of benzene rings is 2. The lowest BCUT2D eigenvalue weighted by atomic mass is 9.87. The summed E-state index contributed by atoms with van der Waals surface area (Å²) in [6.07, 6.45) is 6.99. The molecule has 2 aromatic carbocycles. The molecule has 174 valence electrons. The highest BCUT2D eigenvalue weighted by atomic mass is 16.3. The first-order valence-corrected chi connectivity index (χ1v) is 12.7. The predicted molar refractivity (Wildman–Crippen MR) is 137 cm³/mol. The van der Waals surface area contributed by atoms with Crippen molar-refractivity contribution < 1.29 is 5.11 Å². The molecule has 3 unspecified atom stereocenters. The molecule has 3 nitrogen and oxygen atoms in total. The minimum atomic E-state index is -0.222. The molecule has 3 atom stereocenters. The number of aliphatic hydroxyl groups is 1. The van der Waals surface area contributed by atoms with Crippen LogP contribution in [-0.4, -0.2) is 30.3 Å². The third-order valence-electron chi connectivity index (χ3n) is 7.68. The molecule has 0 saturated carbocycles. The number of nitrogens with zero attached hydrogens (tertiary/aromatic N) is 2. The predicted octanol–water partition coefficient (Wildman–Crippen LogP) is 6.63. The number of aryl methyl sites for hydroxylation is 1. The first-order valence-electron chi connectivity index (χ1n) is 12.7. The third-order valence-corrected chi connectivity index (χ3v) is 7.68. The fourth-order valence-electron chi connectivity index (χ4n) is 5.55. The fraction of sp³-hybridized carbons (Fsp3) is 0.586. The Morgan fingerprint density at radius 1 is 0.781 bits per heavy atom. The highest BCUT2D eigenvalue weighted by Gasteiger charge is 2.24. The van der Waals surface area contributed by atoms with Crippen LogP contribution in [0.25, 0.3) is 0 Å². The number of aliphatic hydroxyl groups excluding tert-OH is 1. The van der Waals surface area contributed by atoms with Gasteiger partial charge >= 0.3 is 0 Å². The van der Waals surface area contributed by atoms with Crippen LogP contribution in [0.15, 0.2) is 42.5 Å². The van der Waals surface area contributed by atoms with Crippen molar-refractivity contribution in [1.82, 2.24) is 0 Å². The zero-order chi connectivity index (χ0) is 22.9. The van der Waals surface area contributed by atoms with Crippen LogP contribution in [0.3, 0.4) is 0 Å². The van der Waals surface area contributed by atoms with Gasteiger partial charge in [0.05, 0.1) is 6.10 Å². The maximum Gasteiger partial charge on any atom is 0.0795 e. The monoisotopic (exact) mass is 434 g/mol. The Labute approximate surface area is 195 Å². The topological polar surface area (TPSA) is 26.7 Å². The van der Waals surface area contributed by atoms with Gasteiger partial charge in [0.25, 0.3) is 0 Å². The molecule has 5 rings (SSSR count). The van der Waals surface area contributed by atoms with Crippen LogP contribution in [0.2, 0.25) is 0 Å². The second-order valence-corrected chi connectivity index (χ2v) is 11.1. The van der Waals surface area contributed by atoms with Crippen molar-refractivity contribution in [1.29, 1.82) is 0 Å².